The smallest absolute Gasteiger partial charge is 0.337 e. The zero-order valence-corrected chi connectivity index (χ0v) is 8.78. The fourth-order valence-corrected chi connectivity index (χ4v) is 1.62. The van der Waals surface area contributed by atoms with E-state index in [0.717, 1.165) is 12.1 Å². The molecule has 0 spiro atoms. The van der Waals surface area contributed by atoms with E-state index in [0.29, 0.717) is 22.6 Å². The average molecular weight is 253 g/mol. The highest BCUT2D eigenvalue weighted by atomic mass is 19.4. The lowest BCUT2D eigenvalue weighted by atomic mass is 10.2. The third kappa shape index (κ3) is 1.71. The number of aromatic nitrogens is 5. The highest BCUT2D eigenvalue weighted by molar-refractivity contribution is 5.79. The standard InChI is InChI=1S/C10H6F3N5/c11-10(12,13)5-1-2-6-7(3-5)16-9(15-6)8-4-14-18-17-8/h1-4H,(H,15,16)(H,14,17,18). The number of fused-ring (bicyclic) bond motifs is 1. The molecule has 0 amide bonds. The van der Waals surface area contributed by atoms with Gasteiger partial charge in [-0.15, -0.1) is 0 Å². The van der Waals surface area contributed by atoms with E-state index in [9.17, 15) is 13.2 Å². The molecule has 92 valence electrons. The average Bonchev–Trinajstić information content (AvgIpc) is 2.95. The van der Waals surface area contributed by atoms with Crippen LogP contribution in [-0.2, 0) is 6.18 Å². The van der Waals surface area contributed by atoms with Crippen LogP contribution in [0, 0.1) is 0 Å². The van der Waals surface area contributed by atoms with Gasteiger partial charge in [0.1, 0.15) is 5.69 Å². The number of alkyl halides is 3. The summed E-state index contributed by atoms with van der Waals surface area (Å²) in [6, 6.07) is 3.33. The van der Waals surface area contributed by atoms with E-state index in [1.54, 1.807) is 0 Å². The van der Waals surface area contributed by atoms with Crippen molar-refractivity contribution in [1.29, 1.82) is 0 Å². The van der Waals surface area contributed by atoms with E-state index in [1.165, 1.54) is 12.3 Å². The van der Waals surface area contributed by atoms with Crippen molar-refractivity contribution < 1.29 is 13.2 Å². The van der Waals surface area contributed by atoms with Gasteiger partial charge in [-0.3, -0.25) is 0 Å². The molecule has 0 saturated heterocycles. The molecule has 0 aliphatic heterocycles. The molecule has 0 radical (unpaired) electrons. The maximum absolute atomic E-state index is 12.5. The molecule has 0 bridgehead atoms. The van der Waals surface area contributed by atoms with E-state index < -0.39 is 11.7 Å². The Morgan fingerprint density at radius 2 is 2.00 bits per heavy atom. The topological polar surface area (TPSA) is 70.2 Å². The lowest BCUT2D eigenvalue weighted by molar-refractivity contribution is -0.137. The SMILES string of the molecule is FC(F)(F)c1ccc2nc(-c3cn[nH]n3)[nH]c2c1. The molecular formula is C10H6F3N5. The van der Waals surface area contributed by atoms with Crippen LogP contribution >= 0.6 is 0 Å². The first-order chi connectivity index (χ1) is 8.54. The number of aromatic amines is 2. The van der Waals surface area contributed by atoms with E-state index in [4.69, 9.17) is 0 Å². The fourth-order valence-electron chi connectivity index (χ4n) is 1.62. The number of hydrogen-bond donors (Lipinski definition) is 2. The lowest BCUT2D eigenvalue weighted by Gasteiger charge is -2.05. The molecular weight excluding hydrogens is 247 g/mol. The van der Waals surface area contributed by atoms with Crippen LogP contribution in [0.5, 0.6) is 0 Å². The number of imidazole rings is 1. The molecule has 8 heteroatoms. The van der Waals surface area contributed by atoms with E-state index in [2.05, 4.69) is 25.4 Å². The number of benzene rings is 1. The van der Waals surface area contributed by atoms with Crippen LogP contribution < -0.4 is 0 Å². The van der Waals surface area contributed by atoms with Gasteiger partial charge in [0, 0.05) is 0 Å². The van der Waals surface area contributed by atoms with Crippen molar-refractivity contribution in [2.45, 2.75) is 6.18 Å². The van der Waals surface area contributed by atoms with Gasteiger partial charge in [-0.25, -0.2) is 4.98 Å². The molecule has 3 rings (SSSR count). The molecule has 5 nitrogen and oxygen atoms in total. The second kappa shape index (κ2) is 3.56. The number of nitrogens with one attached hydrogen (secondary N) is 2. The number of halogens is 3. The summed E-state index contributed by atoms with van der Waals surface area (Å²) >= 11 is 0. The summed E-state index contributed by atoms with van der Waals surface area (Å²) in [5.41, 5.74) is 0.480. The van der Waals surface area contributed by atoms with Gasteiger partial charge in [-0.2, -0.15) is 28.6 Å². The molecule has 2 aromatic heterocycles. The van der Waals surface area contributed by atoms with Crippen LogP contribution in [0.3, 0.4) is 0 Å². The second-order valence-corrected chi connectivity index (χ2v) is 3.67. The monoisotopic (exact) mass is 253 g/mol. The van der Waals surface area contributed by atoms with Crippen molar-refractivity contribution >= 4 is 11.0 Å². The third-order valence-corrected chi connectivity index (χ3v) is 2.47. The van der Waals surface area contributed by atoms with Crippen LogP contribution in [0.4, 0.5) is 13.2 Å². The molecule has 0 fully saturated rings. The second-order valence-electron chi connectivity index (χ2n) is 3.67. The van der Waals surface area contributed by atoms with Gasteiger partial charge < -0.3 is 4.98 Å². The Morgan fingerprint density at radius 1 is 1.17 bits per heavy atom. The Bertz CT molecular complexity index is 683. The van der Waals surface area contributed by atoms with Crippen LogP contribution in [0.15, 0.2) is 24.4 Å². The van der Waals surface area contributed by atoms with Crippen molar-refractivity contribution in [1.82, 2.24) is 25.4 Å². The molecule has 18 heavy (non-hydrogen) atoms. The Kier molecular flexibility index (Phi) is 2.12. The van der Waals surface area contributed by atoms with Crippen LogP contribution in [0.1, 0.15) is 5.56 Å². The largest absolute Gasteiger partial charge is 0.416 e. The summed E-state index contributed by atoms with van der Waals surface area (Å²) in [5, 5.41) is 9.82. The summed E-state index contributed by atoms with van der Waals surface area (Å²) in [6.07, 6.45) is -2.93. The Hall–Kier alpha value is -2.38. The molecule has 2 N–H and O–H groups in total. The van der Waals surface area contributed by atoms with Crippen molar-refractivity contribution in [3.8, 4) is 11.5 Å². The Labute approximate surface area is 98.0 Å². The van der Waals surface area contributed by atoms with E-state index in [-0.39, 0.29) is 0 Å². The number of rotatable bonds is 1. The van der Waals surface area contributed by atoms with Crippen LogP contribution in [-0.4, -0.2) is 25.4 Å². The van der Waals surface area contributed by atoms with Crippen LogP contribution in [0.2, 0.25) is 0 Å². The number of hydrogen-bond acceptors (Lipinski definition) is 3. The first-order valence-corrected chi connectivity index (χ1v) is 4.97. The maximum atomic E-state index is 12.5. The van der Waals surface area contributed by atoms with Crippen molar-refractivity contribution in [3.63, 3.8) is 0 Å². The van der Waals surface area contributed by atoms with Gasteiger partial charge in [-0.05, 0) is 18.2 Å². The normalized spacial score (nSPS) is 12.2. The zero-order valence-electron chi connectivity index (χ0n) is 8.78. The summed E-state index contributed by atoms with van der Waals surface area (Å²) < 4.78 is 37.6. The number of H-pyrrole nitrogens is 2. The minimum absolute atomic E-state index is 0.308. The summed E-state index contributed by atoms with van der Waals surface area (Å²) in [5.74, 6) is 0.373. The molecule has 2 heterocycles. The highest BCUT2D eigenvalue weighted by Crippen LogP contribution is 2.31. The van der Waals surface area contributed by atoms with Crippen LogP contribution in [0.25, 0.3) is 22.6 Å². The number of nitrogens with zero attached hydrogens (tertiary/aromatic N) is 3. The molecule has 0 atom stereocenters. The van der Waals surface area contributed by atoms with E-state index >= 15 is 0 Å². The van der Waals surface area contributed by atoms with E-state index in [1.807, 2.05) is 0 Å². The molecule has 0 aliphatic carbocycles. The van der Waals surface area contributed by atoms with Gasteiger partial charge in [0.05, 0.1) is 22.8 Å². The Balaban J connectivity index is 2.13. The Morgan fingerprint density at radius 3 is 2.67 bits per heavy atom. The minimum atomic E-state index is -4.37. The van der Waals surface area contributed by atoms with Gasteiger partial charge in [-0.1, -0.05) is 0 Å². The highest BCUT2D eigenvalue weighted by Gasteiger charge is 2.30. The van der Waals surface area contributed by atoms with Crippen molar-refractivity contribution in [2.24, 2.45) is 0 Å². The first kappa shape index (κ1) is 10.8. The molecule has 0 unspecified atom stereocenters. The summed E-state index contributed by atoms with van der Waals surface area (Å²) in [6.45, 7) is 0. The summed E-state index contributed by atoms with van der Waals surface area (Å²) in [7, 11) is 0. The minimum Gasteiger partial charge on any atom is -0.337 e. The quantitative estimate of drug-likeness (QED) is 0.699. The third-order valence-electron chi connectivity index (χ3n) is 2.47. The van der Waals surface area contributed by atoms with Gasteiger partial charge in [0.2, 0.25) is 0 Å². The first-order valence-electron chi connectivity index (χ1n) is 4.97. The molecule has 0 aliphatic rings. The zero-order chi connectivity index (χ0) is 12.8. The molecule has 3 aromatic rings. The maximum Gasteiger partial charge on any atom is 0.416 e. The van der Waals surface area contributed by atoms with Gasteiger partial charge >= 0.3 is 6.18 Å². The molecule has 1 aromatic carbocycles. The summed E-state index contributed by atoms with van der Waals surface area (Å²) in [4.78, 5) is 6.91. The predicted octanol–water partition coefficient (Wildman–Crippen LogP) is 2.37. The van der Waals surface area contributed by atoms with Gasteiger partial charge in [0.25, 0.3) is 0 Å². The van der Waals surface area contributed by atoms with Gasteiger partial charge in [0.15, 0.2) is 5.82 Å². The predicted molar refractivity (Wildman–Crippen MR) is 56.5 cm³/mol. The molecule has 0 saturated carbocycles. The lowest BCUT2D eigenvalue weighted by Crippen LogP contribution is -2.04. The van der Waals surface area contributed by atoms with Crippen molar-refractivity contribution in [3.05, 3.63) is 30.0 Å². The van der Waals surface area contributed by atoms with Crippen molar-refractivity contribution in [2.75, 3.05) is 0 Å². The fraction of sp³-hybridized carbons (Fsp3) is 0.100.